The number of rotatable bonds is 3. The topological polar surface area (TPSA) is 43.8 Å². The lowest BCUT2D eigenvalue weighted by Crippen LogP contribution is -2.09. The fraction of sp³-hybridized carbons (Fsp3) is 0.417. The second-order valence-corrected chi connectivity index (χ2v) is 4.30. The molecular weight excluding hydrogens is 205 g/mol. The summed E-state index contributed by atoms with van der Waals surface area (Å²) in [7, 11) is 0. The maximum absolute atomic E-state index is 13.2. The van der Waals surface area contributed by atoms with Crippen LogP contribution in [-0.4, -0.2) is 16.1 Å². The molecule has 4 heteroatoms. The van der Waals surface area contributed by atoms with E-state index in [1.165, 1.54) is 18.9 Å². The molecule has 3 nitrogen and oxygen atoms in total. The van der Waals surface area contributed by atoms with Crippen LogP contribution in [-0.2, 0) is 6.42 Å². The van der Waals surface area contributed by atoms with Crippen LogP contribution in [0.3, 0.4) is 0 Å². The molecule has 0 amide bonds. The van der Waals surface area contributed by atoms with E-state index in [1.807, 2.05) is 0 Å². The smallest absolute Gasteiger partial charge is 0.125 e. The molecule has 1 aromatic heterocycles. The largest absolute Gasteiger partial charge is 0.330 e. The SMILES string of the molecule is NCCc1nc2ccc(F)cc2n1C1CC1. The molecule has 2 aromatic rings. The van der Waals surface area contributed by atoms with E-state index in [2.05, 4.69) is 9.55 Å². The minimum absolute atomic E-state index is 0.200. The van der Waals surface area contributed by atoms with Crippen LogP contribution in [0.2, 0.25) is 0 Å². The molecule has 2 N–H and O–H groups in total. The van der Waals surface area contributed by atoms with E-state index in [1.54, 1.807) is 12.1 Å². The number of aromatic nitrogens is 2. The van der Waals surface area contributed by atoms with Crippen molar-refractivity contribution in [3.8, 4) is 0 Å². The normalized spacial score (nSPS) is 15.9. The molecule has 1 aromatic carbocycles. The first kappa shape index (κ1) is 9.78. The molecular formula is C12H14FN3. The summed E-state index contributed by atoms with van der Waals surface area (Å²) in [4.78, 5) is 4.52. The first-order valence-electron chi connectivity index (χ1n) is 5.66. The van der Waals surface area contributed by atoms with E-state index in [0.717, 1.165) is 23.3 Å². The molecule has 1 fully saturated rings. The van der Waals surface area contributed by atoms with Gasteiger partial charge in [0.25, 0.3) is 0 Å². The zero-order valence-corrected chi connectivity index (χ0v) is 8.99. The molecule has 0 saturated heterocycles. The summed E-state index contributed by atoms with van der Waals surface area (Å²) < 4.78 is 15.4. The van der Waals surface area contributed by atoms with Gasteiger partial charge in [0.1, 0.15) is 11.6 Å². The Bertz CT molecular complexity index is 528. The van der Waals surface area contributed by atoms with Gasteiger partial charge in [-0.25, -0.2) is 9.37 Å². The van der Waals surface area contributed by atoms with Crippen LogP contribution in [0, 0.1) is 5.82 Å². The Kier molecular flexibility index (Phi) is 2.17. The second kappa shape index (κ2) is 3.56. The van der Waals surface area contributed by atoms with Crippen molar-refractivity contribution < 1.29 is 4.39 Å². The van der Waals surface area contributed by atoms with Gasteiger partial charge in [0, 0.05) is 12.5 Å². The number of hydrogen-bond donors (Lipinski definition) is 1. The maximum Gasteiger partial charge on any atom is 0.125 e. The number of fused-ring (bicyclic) bond motifs is 1. The van der Waals surface area contributed by atoms with E-state index in [0.29, 0.717) is 12.6 Å². The summed E-state index contributed by atoms with van der Waals surface area (Å²) in [6, 6.07) is 5.27. The number of halogens is 1. The molecule has 0 radical (unpaired) electrons. The van der Waals surface area contributed by atoms with E-state index in [-0.39, 0.29) is 5.82 Å². The highest BCUT2D eigenvalue weighted by atomic mass is 19.1. The zero-order valence-electron chi connectivity index (χ0n) is 8.99. The van der Waals surface area contributed by atoms with Crippen molar-refractivity contribution in [2.24, 2.45) is 5.73 Å². The molecule has 1 heterocycles. The molecule has 84 valence electrons. The second-order valence-electron chi connectivity index (χ2n) is 4.30. The Balaban J connectivity index is 2.21. The average molecular weight is 219 g/mol. The van der Waals surface area contributed by atoms with E-state index in [4.69, 9.17) is 5.73 Å². The Morgan fingerprint density at radius 3 is 2.94 bits per heavy atom. The lowest BCUT2D eigenvalue weighted by atomic mass is 10.3. The minimum atomic E-state index is -0.200. The van der Waals surface area contributed by atoms with Crippen LogP contribution in [0.4, 0.5) is 4.39 Å². The molecule has 16 heavy (non-hydrogen) atoms. The summed E-state index contributed by atoms with van der Waals surface area (Å²) >= 11 is 0. The Labute approximate surface area is 93.1 Å². The van der Waals surface area contributed by atoms with Crippen molar-refractivity contribution in [1.29, 1.82) is 0 Å². The first-order valence-corrected chi connectivity index (χ1v) is 5.66. The molecule has 1 aliphatic rings. The van der Waals surface area contributed by atoms with Gasteiger partial charge in [-0.15, -0.1) is 0 Å². The van der Waals surface area contributed by atoms with Crippen molar-refractivity contribution in [2.75, 3.05) is 6.54 Å². The summed E-state index contributed by atoms with van der Waals surface area (Å²) in [6.07, 6.45) is 3.09. The number of nitrogens with zero attached hydrogens (tertiary/aromatic N) is 2. The van der Waals surface area contributed by atoms with Gasteiger partial charge in [0.05, 0.1) is 11.0 Å². The summed E-state index contributed by atoms with van der Waals surface area (Å²) in [6.45, 7) is 0.582. The third-order valence-electron chi connectivity index (χ3n) is 3.00. The molecule has 0 atom stereocenters. The third kappa shape index (κ3) is 1.50. The van der Waals surface area contributed by atoms with E-state index >= 15 is 0 Å². The fourth-order valence-corrected chi connectivity index (χ4v) is 2.16. The highest BCUT2D eigenvalue weighted by molar-refractivity contribution is 5.76. The van der Waals surface area contributed by atoms with Crippen molar-refractivity contribution in [3.63, 3.8) is 0 Å². The van der Waals surface area contributed by atoms with Gasteiger partial charge in [-0.3, -0.25) is 0 Å². The number of benzene rings is 1. The number of nitrogens with two attached hydrogens (primary N) is 1. The Hall–Kier alpha value is -1.42. The van der Waals surface area contributed by atoms with Crippen LogP contribution in [0.5, 0.6) is 0 Å². The monoisotopic (exact) mass is 219 g/mol. The molecule has 0 unspecified atom stereocenters. The lowest BCUT2D eigenvalue weighted by Gasteiger charge is -2.06. The fourth-order valence-electron chi connectivity index (χ4n) is 2.16. The van der Waals surface area contributed by atoms with Gasteiger partial charge >= 0.3 is 0 Å². The summed E-state index contributed by atoms with van der Waals surface area (Å²) in [5, 5.41) is 0. The van der Waals surface area contributed by atoms with Gasteiger partial charge in [-0.05, 0) is 37.6 Å². The Morgan fingerprint density at radius 2 is 2.25 bits per heavy atom. The molecule has 1 aliphatic carbocycles. The quantitative estimate of drug-likeness (QED) is 0.858. The van der Waals surface area contributed by atoms with Crippen molar-refractivity contribution >= 4 is 11.0 Å². The first-order chi connectivity index (χ1) is 7.79. The van der Waals surface area contributed by atoms with Gasteiger partial charge in [-0.1, -0.05) is 0 Å². The van der Waals surface area contributed by atoms with Crippen LogP contribution >= 0.6 is 0 Å². The van der Waals surface area contributed by atoms with Gasteiger partial charge in [0.2, 0.25) is 0 Å². The van der Waals surface area contributed by atoms with Crippen molar-refractivity contribution in [3.05, 3.63) is 29.8 Å². The summed E-state index contributed by atoms with van der Waals surface area (Å²) in [5.41, 5.74) is 7.35. The van der Waals surface area contributed by atoms with Crippen LogP contribution < -0.4 is 5.73 Å². The number of hydrogen-bond acceptors (Lipinski definition) is 2. The van der Waals surface area contributed by atoms with Gasteiger partial charge in [-0.2, -0.15) is 0 Å². The van der Waals surface area contributed by atoms with E-state index < -0.39 is 0 Å². The number of imidazole rings is 1. The van der Waals surface area contributed by atoms with Crippen molar-refractivity contribution in [1.82, 2.24) is 9.55 Å². The average Bonchev–Trinajstić information content (AvgIpc) is 3.02. The third-order valence-corrected chi connectivity index (χ3v) is 3.00. The molecule has 1 saturated carbocycles. The molecule has 0 spiro atoms. The van der Waals surface area contributed by atoms with Gasteiger partial charge < -0.3 is 10.3 Å². The van der Waals surface area contributed by atoms with Gasteiger partial charge in [0.15, 0.2) is 0 Å². The maximum atomic E-state index is 13.2. The minimum Gasteiger partial charge on any atom is -0.330 e. The Morgan fingerprint density at radius 1 is 1.44 bits per heavy atom. The summed E-state index contributed by atoms with van der Waals surface area (Å²) in [5.74, 6) is 0.791. The predicted octanol–water partition coefficient (Wildman–Crippen LogP) is 2.01. The van der Waals surface area contributed by atoms with Crippen LogP contribution in [0.25, 0.3) is 11.0 Å². The van der Waals surface area contributed by atoms with Crippen LogP contribution in [0.1, 0.15) is 24.7 Å². The van der Waals surface area contributed by atoms with Crippen LogP contribution in [0.15, 0.2) is 18.2 Å². The lowest BCUT2D eigenvalue weighted by molar-refractivity contribution is 0.627. The highest BCUT2D eigenvalue weighted by Gasteiger charge is 2.27. The van der Waals surface area contributed by atoms with Crippen molar-refractivity contribution in [2.45, 2.75) is 25.3 Å². The standard InChI is InChI=1S/C12H14FN3/c13-8-1-4-10-11(7-8)16(9-2-3-9)12(15-10)5-6-14/h1,4,7,9H,2-3,5-6,14H2. The van der Waals surface area contributed by atoms with E-state index in [9.17, 15) is 4.39 Å². The molecule has 0 aliphatic heterocycles. The zero-order chi connectivity index (χ0) is 11.1. The molecule has 3 rings (SSSR count). The molecule has 0 bridgehead atoms. The highest BCUT2D eigenvalue weighted by Crippen LogP contribution is 2.38. The predicted molar refractivity (Wildman–Crippen MR) is 60.7 cm³/mol.